The molecule has 0 spiro atoms. The first kappa shape index (κ1) is 23.2. The quantitative estimate of drug-likeness (QED) is 0.478. The molecule has 1 aliphatic heterocycles. The number of carbonyl (C=O) groups is 2. The molecule has 1 amide bonds. The molecule has 0 unspecified atom stereocenters. The third-order valence-electron chi connectivity index (χ3n) is 6.82. The maximum atomic E-state index is 13.4. The number of aryl methyl sites for hydroxylation is 1. The van der Waals surface area contributed by atoms with Crippen LogP contribution >= 0.6 is 0 Å². The van der Waals surface area contributed by atoms with Crippen LogP contribution in [0, 0.1) is 6.92 Å². The monoisotopic (exact) mass is 471 g/mol. The Bertz CT molecular complexity index is 1300. The van der Waals surface area contributed by atoms with Crippen LogP contribution in [0.25, 0.3) is 11.1 Å². The summed E-state index contributed by atoms with van der Waals surface area (Å²) in [5.74, 6) is 1.61. The number of amides is 1. The lowest BCUT2D eigenvalue weighted by Crippen LogP contribution is -2.40. The van der Waals surface area contributed by atoms with Gasteiger partial charge in [0.1, 0.15) is 5.78 Å². The Morgan fingerprint density at radius 1 is 0.943 bits per heavy atom. The van der Waals surface area contributed by atoms with Crippen LogP contribution in [0.3, 0.4) is 0 Å². The molecule has 0 radical (unpaired) electrons. The number of ether oxygens (including phenoxy) is 2. The summed E-state index contributed by atoms with van der Waals surface area (Å²) in [6.07, 6.45) is 2.11. The molecule has 5 nitrogen and oxygen atoms in total. The number of benzene rings is 3. The maximum Gasteiger partial charge on any atom is 0.251 e. The van der Waals surface area contributed by atoms with Gasteiger partial charge in [-0.05, 0) is 92.6 Å². The highest BCUT2D eigenvalue weighted by Gasteiger charge is 2.50. The van der Waals surface area contributed by atoms with Crippen LogP contribution in [-0.2, 0) is 16.6 Å². The second-order valence-corrected chi connectivity index (χ2v) is 10.7. The van der Waals surface area contributed by atoms with Crippen molar-refractivity contribution in [3.8, 4) is 22.6 Å². The Hall–Kier alpha value is -3.60. The summed E-state index contributed by atoms with van der Waals surface area (Å²) in [6, 6.07) is 19.7. The molecule has 0 aromatic heterocycles. The Kier molecular flexibility index (Phi) is 5.66. The summed E-state index contributed by atoms with van der Waals surface area (Å²) < 4.78 is 10.9. The van der Waals surface area contributed by atoms with Gasteiger partial charge >= 0.3 is 0 Å². The van der Waals surface area contributed by atoms with E-state index in [0.717, 1.165) is 52.2 Å². The summed E-state index contributed by atoms with van der Waals surface area (Å²) in [4.78, 5) is 25.9. The van der Waals surface area contributed by atoms with Gasteiger partial charge in [0.2, 0.25) is 6.79 Å². The fourth-order valence-electron chi connectivity index (χ4n) is 4.71. The molecule has 1 heterocycles. The van der Waals surface area contributed by atoms with E-state index >= 15 is 0 Å². The van der Waals surface area contributed by atoms with Crippen LogP contribution in [0.15, 0.2) is 60.7 Å². The number of nitrogens with one attached hydrogen (secondary N) is 1. The van der Waals surface area contributed by atoms with Gasteiger partial charge in [0.15, 0.2) is 11.5 Å². The van der Waals surface area contributed by atoms with Gasteiger partial charge in [0.25, 0.3) is 5.91 Å². The maximum absolute atomic E-state index is 13.4. The van der Waals surface area contributed by atoms with E-state index in [-0.39, 0.29) is 25.4 Å². The number of hydrogen-bond donors (Lipinski definition) is 1. The Morgan fingerprint density at radius 2 is 1.66 bits per heavy atom. The molecule has 3 aromatic rings. The number of hydrogen-bond acceptors (Lipinski definition) is 4. The zero-order chi connectivity index (χ0) is 24.8. The molecule has 5 heteroatoms. The Balaban J connectivity index is 0.00000304. The molecular formula is C30H33NO4. The first-order valence-electron chi connectivity index (χ1n) is 12.1. The minimum absolute atomic E-state index is 0. The number of rotatable bonds is 6. The van der Waals surface area contributed by atoms with Crippen LogP contribution < -0.4 is 14.8 Å². The van der Waals surface area contributed by atoms with Crippen LogP contribution in [-0.4, -0.2) is 24.0 Å². The molecule has 1 aliphatic carbocycles. The van der Waals surface area contributed by atoms with Crippen molar-refractivity contribution in [2.45, 2.75) is 57.9 Å². The number of carbonyl (C=O) groups excluding carboxylic acids is 2. The Morgan fingerprint density at radius 3 is 2.34 bits per heavy atom. The van der Waals surface area contributed by atoms with Crippen LogP contribution in [0.2, 0.25) is 0 Å². The average molecular weight is 472 g/mol. The van der Waals surface area contributed by atoms with Gasteiger partial charge in [0, 0.05) is 18.9 Å². The van der Waals surface area contributed by atoms with Crippen molar-refractivity contribution in [1.82, 2.24) is 5.32 Å². The van der Waals surface area contributed by atoms with Gasteiger partial charge in [-0.1, -0.05) is 36.4 Å². The summed E-state index contributed by atoms with van der Waals surface area (Å²) >= 11 is 0. The van der Waals surface area contributed by atoms with Gasteiger partial charge in [-0.15, -0.1) is 0 Å². The molecule has 0 bridgehead atoms. The third kappa shape index (κ3) is 4.68. The SMILES string of the molecule is Cc1ccc(CC(=O)C2(c3ccc4c(c3)OCO4)CC2)cc1-c1ccc(C(=O)NC(C)(C)C)cc1.[HH]. The lowest BCUT2D eigenvalue weighted by Gasteiger charge is -2.20. The zero-order valence-corrected chi connectivity index (χ0v) is 20.7. The molecule has 1 fully saturated rings. The molecule has 1 N–H and O–H groups in total. The van der Waals surface area contributed by atoms with Crippen molar-refractivity contribution in [2.75, 3.05) is 6.79 Å². The molecular weight excluding hydrogens is 438 g/mol. The number of ketones is 1. The van der Waals surface area contributed by atoms with E-state index in [2.05, 4.69) is 24.4 Å². The van der Waals surface area contributed by atoms with Gasteiger partial charge in [-0.2, -0.15) is 0 Å². The van der Waals surface area contributed by atoms with E-state index in [9.17, 15) is 9.59 Å². The highest BCUT2D eigenvalue weighted by Crippen LogP contribution is 2.51. The van der Waals surface area contributed by atoms with Gasteiger partial charge < -0.3 is 14.8 Å². The minimum atomic E-state index is -0.423. The smallest absolute Gasteiger partial charge is 0.251 e. The first-order valence-corrected chi connectivity index (χ1v) is 12.1. The van der Waals surface area contributed by atoms with Gasteiger partial charge in [-0.3, -0.25) is 9.59 Å². The summed E-state index contributed by atoms with van der Waals surface area (Å²) in [7, 11) is 0. The highest BCUT2D eigenvalue weighted by molar-refractivity contribution is 5.96. The standard InChI is InChI=1S/C30H31NO4.H2/c1-19-5-6-20(15-24(19)21-7-9-22(10-8-21)28(33)31-29(2,3)4)16-27(32)30(13-14-30)23-11-12-25-26(17-23)35-18-34-25;/h5-12,15,17H,13-14,16,18H2,1-4H3,(H,31,33);1H. The van der Waals surface area contributed by atoms with Gasteiger partial charge in [-0.25, -0.2) is 0 Å². The van der Waals surface area contributed by atoms with Crippen molar-refractivity contribution >= 4 is 11.7 Å². The minimum Gasteiger partial charge on any atom is -0.454 e. The van der Waals surface area contributed by atoms with E-state index in [0.29, 0.717) is 12.0 Å². The molecule has 182 valence electrons. The fraction of sp³-hybridized carbons (Fsp3) is 0.333. The molecule has 35 heavy (non-hydrogen) atoms. The molecule has 0 atom stereocenters. The van der Waals surface area contributed by atoms with Crippen molar-refractivity contribution in [3.63, 3.8) is 0 Å². The topological polar surface area (TPSA) is 64.6 Å². The predicted octanol–water partition coefficient (Wildman–Crippen LogP) is 6.01. The van der Waals surface area contributed by atoms with Crippen molar-refractivity contribution < 1.29 is 20.5 Å². The molecule has 1 saturated carbocycles. The number of fused-ring (bicyclic) bond motifs is 1. The van der Waals surface area contributed by atoms with E-state index in [1.54, 1.807) is 0 Å². The summed E-state index contributed by atoms with van der Waals surface area (Å²) in [5.41, 5.74) is 5.17. The second kappa shape index (κ2) is 8.56. The van der Waals surface area contributed by atoms with Gasteiger partial charge in [0.05, 0.1) is 5.41 Å². The van der Waals surface area contributed by atoms with E-state index in [1.807, 2.05) is 69.3 Å². The fourth-order valence-corrected chi connectivity index (χ4v) is 4.71. The molecule has 2 aliphatic rings. The van der Waals surface area contributed by atoms with Crippen LogP contribution in [0.5, 0.6) is 11.5 Å². The highest BCUT2D eigenvalue weighted by atomic mass is 16.7. The van der Waals surface area contributed by atoms with Crippen LogP contribution in [0.1, 0.15) is 62.1 Å². The van der Waals surface area contributed by atoms with Crippen molar-refractivity contribution in [3.05, 3.63) is 82.9 Å². The lowest BCUT2D eigenvalue weighted by molar-refractivity contribution is -0.120. The van der Waals surface area contributed by atoms with E-state index in [1.165, 1.54) is 0 Å². The lowest BCUT2D eigenvalue weighted by atomic mass is 9.87. The zero-order valence-electron chi connectivity index (χ0n) is 20.7. The van der Waals surface area contributed by atoms with Crippen molar-refractivity contribution in [2.24, 2.45) is 0 Å². The predicted molar refractivity (Wildman–Crippen MR) is 138 cm³/mol. The largest absolute Gasteiger partial charge is 0.454 e. The average Bonchev–Trinajstić information content (AvgIpc) is 3.50. The third-order valence-corrected chi connectivity index (χ3v) is 6.82. The Labute approximate surface area is 207 Å². The molecule has 0 saturated heterocycles. The second-order valence-electron chi connectivity index (χ2n) is 10.7. The van der Waals surface area contributed by atoms with E-state index in [4.69, 9.17) is 9.47 Å². The van der Waals surface area contributed by atoms with Crippen molar-refractivity contribution in [1.29, 1.82) is 0 Å². The normalized spacial score (nSPS) is 15.5. The number of Topliss-reactive ketones (excluding diaryl/α,β-unsaturated/α-hetero) is 1. The molecule has 3 aromatic carbocycles. The first-order chi connectivity index (χ1) is 16.6. The molecule has 5 rings (SSSR count). The van der Waals surface area contributed by atoms with E-state index < -0.39 is 5.41 Å². The summed E-state index contributed by atoms with van der Waals surface area (Å²) in [6.45, 7) is 8.19. The summed E-state index contributed by atoms with van der Waals surface area (Å²) in [5, 5.41) is 2.99. The van der Waals surface area contributed by atoms with Crippen LogP contribution in [0.4, 0.5) is 0 Å².